The largest absolute Gasteiger partial charge is 0.358 e. The molecule has 3 rings (SSSR count). The maximum absolute atomic E-state index is 6.61. The number of benzene rings is 2. The van der Waals surface area contributed by atoms with Gasteiger partial charge in [-0.25, -0.2) is 5.01 Å². The van der Waals surface area contributed by atoms with Crippen LogP contribution in [0.25, 0.3) is 11.1 Å². The first kappa shape index (κ1) is 17.4. The van der Waals surface area contributed by atoms with E-state index in [1.54, 1.807) is 16.8 Å². The van der Waals surface area contributed by atoms with E-state index in [0.717, 1.165) is 16.0 Å². The minimum absolute atomic E-state index is 0.0488. The molecular formula is C16H15Cl3N2OS. The summed E-state index contributed by atoms with van der Waals surface area (Å²) in [6.07, 6.45) is 0. The van der Waals surface area contributed by atoms with Crippen LogP contribution in [-0.2, 0) is 4.74 Å². The molecule has 2 unspecified atom stereocenters. The lowest BCUT2D eigenvalue weighted by Crippen LogP contribution is -2.50. The number of hydrazine groups is 1. The summed E-state index contributed by atoms with van der Waals surface area (Å²) in [6.45, 7) is 0.908. The standard InChI is InChI=1S/C16H15Cl3N2OS/c17-11-6-7-12(23-14-9-22-13(18)8-21(14)20)16(19)15(11)10-4-2-1-3-5-10/h1-7,13-14H,8-9,20H2. The van der Waals surface area contributed by atoms with Gasteiger partial charge in [0.2, 0.25) is 0 Å². The average molecular weight is 390 g/mol. The second-order valence-corrected chi connectivity index (χ2v) is 7.60. The van der Waals surface area contributed by atoms with Crippen molar-refractivity contribution in [1.29, 1.82) is 0 Å². The zero-order valence-corrected chi connectivity index (χ0v) is 15.2. The topological polar surface area (TPSA) is 38.5 Å². The Balaban J connectivity index is 1.89. The molecule has 0 radical (unpaired) electrons. The summed E-state index contributed by atoms with van der Waals surface area (Å²) < 4.78 is 5.47. The van der Waals surface area contributed by atoms with E-state index in [1.165, 1.54) is 0 Å². The monoisotopic (exact) mass is 388 g/mol. The van der Waals surface area contributed by atoms with E-state index in [-0.39, 0.29) is 10.9 Å². The number of alkyl halides is 1. The first-order chi connectivity index (χ1) is 11.1. The van der Waals surface area contributed by atoms with Crippen molar-refractivity contribution in [2.24, 2.45) is 5.84 Å². The molecule has 1 heterocycles. The molecule has 2 aromatic rings. The highest BCUT2D eigenvalue weighted by Gasteiger charge is 2.27. The van der Waals surface area contributed by atoms with Crippen molar-refractivity contribution in [3.63, 3.8) is 0 Å². The van der Waals surface area contributed by atoms with Gasteiger partial charge >= 0.3 is 0 Å². The second kappa shape index (κ2) is 7.62. The predicted octanol–water partition coefficient (Wildman–Crippen LogP) is 4.85. The van der Waals surface area contributed by atoms with Gasteiger partial charge in [0.25, 0.3) is 0 Å². The Kier molecular flexibility index (Phi) is 5.75. The smallest absolute Gasteiger partial charge is 0.145 e. The summed E-state index contributed by atoms with van der Waals surface area (Å²) >= 11 is 20.5. The quantitative estimate of drug-likeness (QED) is 0.601. The van der Waals surface area contributed by atoms with Crippen molar-refractivity contribution in [2.75, 3.05) is 13.2 Å². The van der Waals surface area contributed by atoms with E-state index in [9.17, 15) is 0 Å². The van der Waals surface area contributed by atoms with Gasteiger partial charge in [-0.05, 0) is 17.7 Å². The Labute approximate surface area is 154 Å². The summed E-state index contributed by atoms with van der Waals surface area (Å²) in [6, 6.07) is 13.6. The Morgan fingerprint density at radius 3 is 2.57 bits per heavy atom. The second-order valence-electron chi connectivity index (χ2n) is 5.11. The average Bonchev–Trinajstić information content (AvgIpc) is 2.53. The van der Waals surface area contributed by atoms with Gasteiger partial charge in [-0.2, -0.15) is 0 Å². The predicted molar refractivity (Wildman–Crippen MR) is 98.0 cm³/mol. The fourth-order valence-corrected chi connectivity index (χ4v) is 4.33. The number of halogens is 3. The van der Waals surface area contributed by atoms with Crippen LogP contribution in [0.4, 0.5) is 0 Å². The van der Waals surface area contributed by atoms with Crippen LogP contribution in [0.2, 0.25) is 10.0 Å². The molecule has 0 amide bonds. The number of nitrogens with two attached hydrogens (primary N) is 1. The summed E-state index contributed by atoms with van der Waals surface area (Å²) in [5.41, 5.74) is 1.43. The number of ether oxygens (including phenoxy) is 1. The van der Waals surface area contributed by atoms with E-state index in [1.807, 2.05) is 42.5 Å². The third kappa shape index (κ3) is 3.97. The normalized spacial score (nSPS) is 22.3. The number of rotatable bonds is 3. The van der Waals surface area contributed by atoms with Gasteiger partial charge in [-0.3, -0.25) is 5.84 Å². The highest BCUT2D eigenvalue weighted by molar-refractivity contribution is 8.00. The van der Waals surface area contributed by atoms with Crippen LogP contribution in [0.15, 0.2) is 47.4 Å². The first-order valence-electron chi connectivity index (χ1n) is 7.03. The van der Waals surface area contributed by atoms with Crippen LogP contribution >= 0.6 is 46.6 Å². The summed E-state index contributed by atoms with van der Waals surface area (Å²) in [4.78, 5) is 0.909. The van der Waals surface area contributed by atoms with E-state index in [4.69, 9.17) is 45.4 Å². The van der Waals surface area contributed by atoms with Crippen molar-refractivity contribution in [3.05, 3.63) is 52.5 Å². The number of hydrogen-bond donors (Lipinski definition) is 1. The van der Waals surface area contributed by atoms with E-state index >= 15 is 0 Å². The van der Waals surface area contributed by atoms with E-state index in [2.05, 4.69) is 0 Å². The van der Waals surface area contributed by atoms with Crippen molar-refractivity contribution in [2.45, 2.75) is 15.8 Å². The minimum atomic E-state index is -0.377. The molecule has 0 bridgehead atoms. The van der Waals surface area contributed by atoms with Crippen LogP contribution in [0.3, 0.4) is 0 Å². The fraction of sp³-hybridized carbons (Fsp3) is 0.250. The Bertz CT molecular complexity index is 687. The molecule has 7 heteroatoms. The summed E-state index contributed by atoms with van der Waals surface area (Å²) in [5, 5.41) is 2.87. The van der Waals surface area contributed by atoms with Crippen LogP contribution in [-0.4, -0.2) is 29.1 Å². The minimum Gasteiger partial charge on any atom is -0.358 e. The number of hydrogen-bond acceptors (Lipinski definition) is 4. The highest BCUT2D eigenvalue weighted by Crippen LogP contribution is 2.42. The summed E-state index contributed by atoms with van der Waals surface area (Å²) in [7, 11) is 0. The lowest BCUT2D eigenvalue weighted by molar-refractivity contribution is 0.00178. The molecule has 0 saturated carbocycles. The third-order valence-electron chi connectivity index (χ3n) is 3.53. The molecule has 0 spiro atoms. The number of thioether (sulfide) groups is 1. The molecule has 3 nitrogen and oxygen atoms in total. The van der Waals surface area contributed by atoms with Crippen molar-refractivity contribution in [3.8, 4) is 11.1 Å². The maximum Gasteiger partial charge on any atom is 0.145 e. The lowest BCUT2D eigenvalue weighted by atomic mass is 10.1. The zero-order chi connectivity index (χ0) is 16.4. The van der Waals surface area contributed by atoms with E-state index < -0.39 is 0 Å². The van der Waals surface area contributed by atoms with Gasteiger partial charge in [0.1, 0.15) is 5.56 Å². The number of nitrogens with zero attached hydrogens (tertiary/aromatic N) is 1. The molecule has 23 heavy (non-hydrogen) atoms. The van der Waals surface area contributed by atoms with E-state index in [0.29, 0.717) is 23.2 Å². The van der Waals surface area contributed by atoms with Gasteiger partial charge in [0, 0.05) is 15.5 Å². The number of morpholine rings is 1. The maximum atomic E-state index is 6.61. The molecule has 1 aliphatic rings. The Morgan fingerprint density at radius 2 is 1.87 bits per heavy atom. The van der Waals surface area contributed by atoms with Gasteiger partial charge in [-0.15, -0.1) is 11.8 Å². The highest BCUT2D eigenvalue weighted by atomic mass is 35.5. The van der Waals surface area contributed by atoms with Crippen LogP contribution in [0.1, 0.15) is 0 Å². The van der Waals surface area contributed by atoms with Gasteiger partial charge < -0.3 is 4.74 Å². The third-order valence-corrected chi connectivity index (χ3v) is 5.88. The van der Waals surface area contributed by atoms with Crippen molar-refractivity contribution >= 4 is 46.6 Å². The molecule has 2 aromatic carbocycles. The molecule has 0 aromatic heterocycles. The molecule has 122 valence electrons. The van der Waals surface area contributed by atoms with Crippen LogP contribution < -0.4 is 5.84 Å². The summed E-state index contributed by atoms with van der Waals surface area (Å²) in [5.74, 6) is 6.03. The lowest BCUT2D eigenvalue weighted by Gasteiger charge is -2.34. The molecular weight excluding hydrogens is 375 g/mol. The van der Waals surface area contributed by atoms with Gasteiger partial charge in [0.05, 0.1) is 23.5 Å². The van der Waals surface area contributed by atoms with Gasteiger partial charge in [-0.1, -0.05) is 65.1 Å². The van der Waals surface area contributed by atoms with Crippen molar-refractivity contribution < 1.29 is 4.74 Å². The molecule has 2 N–H and O–H groups in total. The molecule has 0 aliphatic carbocycles. The Hall–Kier alpha value is -0.460. The zero-order valence-electron chi connectivity index (χ0n) is 12.1. The fourth-order valence-electron chi connectivity index (χ4n) is 2.36. The molecule has 2 atom stereocenters. The van der Waals surface area contributed by atoms with Gasteiger partial charge in [0.15, 0.2) is 0 Å². The SMILES string of the molecule is NN1CC(Cl)OCC1Sc1ccc(Cl)c(-c2ccccc2)c1Cl. The molecule has 1 saturated heterocycles. The van der Waals surface area contributed by atoms with Crippen LogP contribution in [0.5, 0.6) is 0 Å². The van der Waals surface area contributed by atoms with Crippen LogP contribution in [0, 0.1) is 0 Å². The molecule has 1 aliphatic heterocycles. The van der Waals surface area contributed by atoms with Crippen molar-refractivity contribution in [1.82, 2.24) is 5.01 Å². The first-order valence-corrected chi connectivity index (χ1v) is 9.10. The molecule has 1 fully saturated rings. The Morgan fingerprint density at radius 1 is 1.13 bits per heavy atom.